The molecule has 1 fully saturated rings. The molecule has 2 rings (SSSR count). The second-order valence-electron chi connectivity index (χ2n) is 5.58. The molecule has 20 heavy (non-hydrogen) atoms. The minimum atomic E-state index is -3.01. The monoisotopic (exact) mass is 297 g/mol. The third-order valence-electron chi connectivity index (χ3n) is 4.23. The summed E-state index contributed by atoms with van der Waals surface area (Å²) in [5, 5.41) is 0. The predicted molar refractivity (Wildman–Crippen MR) is 81.1 cm³/mol. The van der Waals surface area contributed by atoms with Crippen molar-refractivity contribution in [1.29, 1.82) is 0 Å². The molecular weight excluding hydrogens is 272 g/mol. The first-order chi connectivity index (χ1) is 9.53. The molecule has 0 bridgehead atoms. The molecule has 1 unspecified atom stereocenters. The fourth-order valence-electron chi connectivity index (χ4n) is 2.87. The summed E-state index contributed by atoms with van der Waals surface area (Å²) in [6.07, 6.45) is 1.91. The van der Waals surface area contributed by atoms with Crippen molar-refractivity contribution in [2.24, 2.45) is 0 Å². The van der Waals surface area contributed by atoms with Gasteiger partial charge in [-0.1, -0.05) is 30.3 Å². The van der Waals surface area contributed by atoms with Crippen LogP contribution in [0.1, 0.15) is 25.3 Å². The molecule has 0 aliphatic carbocycles. The Morgan fingerprint density at radius 1 is 1.20 bits per heavy atom. The van der Waals surface area contributed by atoms with E-state index in [1.54, 1.807) is 11.2 Å². The summed E-state index contributed by atoms with van der Waals surface area (Å²) in [6.45, 7) is 4.07. The number of piperidine rings is 1. The van der Waals surface area contributed by atoms with E-state index in [1.807, 2.05) is 6.07 Å². The molecule has 1 heterocycles. The van der Waals surface area contributed by atoms with Gasteiger partial charge in [-0.05, 0) is 6.92 Å². The molecule has 1 N–H and O–H groups in total. The van der Waals surface area contributed by atoms with Crippen LogP contribution in [0.25, 0.3) is 0 Å². The van der Waals surface area contributed by atoms with Crippen LogP contribution in [0, 0.1) is 0 Å². The first-order valence-electron chi connectivity index (χ1n) is 7.37. The summed E-state index contributed by atoms with van der Waals surface area (Å²) in [7, 11) is -0.795. The van der Waals surface area contributed by atoms with Crippen LogP contribution in [-0.2, 0) is 16.6 Å². The normalized spacial score (nSPS) is 19.9. The highest BCUT2D eigenvalue weighted by molar-refractivity contribution is 7.89. The van der Waals surface area contributed by atoms with Crippen LogP contribution in [0.5, 0.6) is 0 Å². The maximum Gasteiger partial charge on any atom is 0.213 e. The van der Waals surface area contributed by atoms with E-state index >= 15 is 0 Å². The molecule has 1 saturated heterocycles. The Hall–Kier alpha value is -0.910. The van der Waals surface area contributed by atoms with Crippen LogP contribution in [0.15, 0.2) is 30.3 Å². The molecule has 0 amide bonds. The van der Waals surface area contributed by atoms with Crippen LogP contribution in [0.4, 0.5) is 0 Å². The van der Waals surface area contributed by atoms with Gasteiger partial charge in [-0.25, -0.2) is 12.7 Å². The lowest BCUT2D eigenvalue weighted by Crippen LogP contribution is -3.12. The quantitative estimate of drug-likeness (QED) is 0.861. The van der Waals surface area contributed by atoms with Gasteiger partial charge in [-0.15, -0.1) is 0 Å². The molecule has 0 aromatic heterocycles. The molecule has 4 nitrogen and oxygen atoms in total. The van der Waals surface area contributed by atoms with Gasteiger partial charge in [0.2, 0.25) is 10.0 Å². The summed E-state index contributed by atoms with van der Waals surface area (Å²) >= 11 is 0. The summed E-state index contributed by atoms with van der Waals surface area (Å²) in [4.78, 5) is 1.48. The lowest BCUT2D eigenvalue weighted by atomic mass is 10.0. The fraction of sp³-hybridized carbons (Fsp3) is 0.600. The highest BCUT2D eigenvalue weighted by Gasteiger charge is 2.30. The van der Waals surface area contributed by atoms with E-state index in [9.17, 15) is 8.42 Å². The Morgan fingerprint density at radius 3 is 2.35 bits per heavy atom. The minimum Gasteiger partial charge on any atom is -0.331 e. The third kappa shape index (κ3) is 3.81. The maximum absolute atomic E-state index is 11.8. The molecule has 1 aliphatic rings. The van der Waals surface area contributed by atoms with Crippen molar-refractivity contribution < 1.29 is 13.3 Å². The Labute approximate surface area is 122 Å². The molecule has 1 atom stereocenters. The predicted octanol–water partition coefficient (Wildman–Crippen LogP) is 0.515. The van der Waals surface area contributed by atoms with E-state index in [0.717, 1.165) is 19.4 Å². The van der Waals surface area contributed by atoms with Gasteiger partial charge in [0.25, 0.3) is 0 Å². The van der Waals surface area contributed by atoms with Crippen LogP contribution in [0.3, 0.4) is 0 Å². The van der Waals surface area contributed by atoms with Gasteiger partial charge in [0.1, 0.15) is 6.54 Å². The summed E-state index contributed by atoms with van der Waals surface area (Å²) in [5.74, 6) is 0.213. The van der Waals surface area contributed by atoms with Crippen molar-refractivity contribution >= 4 is 10.0 Å². The van der Waals surface area contributed by atoms with E-state index in [-0.39, 0.29) is 5.75 Å². The van der Waals surface area contributed by atoms with Gasteiger partial charge in [-0.2, -0.15) is 0 Å². The zero-order valence-electron chi connectivity index (χ0n) is 12.4. The van der Waals surface area contributed by atoms with Gasteiger partial charge in [0.05, 0.1) is 18.8 Å². The maximum atomic E-state index is 11.8. The molecule has 1 aromatic rings. The number of hydrogen-bond acceptors (Lipinski definition) is 2. The van der Waals surface area contributed by atoms with Crippen LogP contribution < -0.4 is 4.90 Å². The first-order valence-corrected chi connectivity index (χ1v) is 8.98. The average Bonchev–Trinajstić information content (AvgIpc) is 2.48. The van der Waals surface area contributed by atoms with Crippen molar-refractivity contribution in [2.75, 3.05) is 25.9 Å². The van der Waals surface area contributed by atoms with Gasteiger partial charge in [0.15, 0.2) is 0 Å². The van der Waals surface area contributed by atoms with E-state index in [0.29, 0.717) is 19.1 Å². The number of nitrogens with one attached hydrogen (secondary N) is 1. The molecule has 112 valence electrons. The first kappa shape index (κ1) is 15.5. The third-order valence-corrected chi connectivity index (χ3v) is 6.12. The number of quaternary nitrogens is 1. The van der Waals surface area contributed by atoms with Gasteiger partial charge < -0.3 is 4.90 Å². The number of sulfonamides is 1. The van der Waals surface area contributed by atoms with Gasteiger partial charge in [0, 0.05) is 31.5 Å². The lowest BCUT2D eigenvalue weighted by molar-refractivity contribution is -0.920. The zero-order chi connectivity index (χ0) is 14.6. The summed E-state index contributed by atoms with van der Waals surface area (Å²) in [6, 6.07) is 11.0. The minimum absolute atomic E-state index is 0.213. The number of benzene rings is 1. The topological polar surface area (TPSA) is 41.8 Å². The number of rotatable bonds is 5. The Bertz CT molecular complexity index is 508. The van der Waals surface area contributed by atoms with Gasteiger partial charge in [-0.3, -0.25) is 0 Å². The van der Waals surface area contributed by atoms with Crippen molar-refractivity contribution in [3.63, 3.8) is 0 Å². The fourth-order valence-corrected chi connectivity index (χ4v) is 4.00. The van der Waals surface area contributed by atoms with Crippen LogP contribution in [-0.4, -0.2) is 44.7 Å². The molecule has 0 radical (unpaired) electrons. The summed E-state index contributed by atoms with van der Waals surface area (Å²) in [5.41, 5.74) is 1.34. The average molecular weight is 297 g/mol. The molecule has 0 spiro atoms. The van der Waals surface area contributed by atoms with Gasteiger partial charge >= 0.3 is 0 Å². The lowest BCUT2D eigenvalue weighted by Gasteiger charge is -2.33. The second-order valence-corrected chi connectivity index (χ2v) is 7.84. The smallest absolute Gasteiger partial charge is 0.213 e. The van der Waals surface area contributed by atoms with Crippen LogP contribution in [0.2, 0.25) is 0 Å². The largest absolute Gasteiger partial charge is 0.331 e. The molecule has 1 aromatic carbocycles. The molecular formula is C15H25N2O2S+. The number of nitrogens with zero attached hydrogens (tertiary/aromatic N) is 1. The van der Waals surface area contributed by atoms with Crippen LogP contribution >= 0.6 is 0 Å². The summed E-state index contributed by atoms with van der Waals surface area (Å²) < 4.78 is 25.3. The molecule has 0 saturated carbocycles. The standard InChI is InChI=1S/C15H24N2O2S/c1-3-20(18,19)17-11-9-15(10-12-17)16(2)13-14-7-5-4-6-8-14/h4-8,15H,3,9-13H2,1-2H3/p+1. The highest BCUT2D eigenvalue weighted by Crippen LogP contribution is 2.13. The van der Waals surface area contributed by atoms with Crippen molar-refractivity contribution in [2.45, 2.75) is 32.4 Å². The van der Waals surface area contributed by atoms with E-state index in [2.05, 4.69) is 31.3 Å². The van der Waals surface area contributed by atoms with Crippen molar-refractivity contribution in [3.05, 3.63) is 35.9 Å². The Kier molecular flexibility index (Phi) is 5.18. The van der Waals surface area contributed by atoms with E-state index in [1.165, 1.54) is 10.5 Å². The van der Waals surface area contributed by atoms with Crippen molar-refractivity contribution in [1.82, 2.24) is 4.31 Å². The highest BCUT2D eigenvalue weighted by atomic mass is 32.2. The second kappa shape index (κ2) is 6.70. The Morgan fingerprint density at radius 2 is 1.80 bits per heavy atom. The van der Waals surface area contributed by atoms with E-state index < -0.39 is 10.0 Å². The van der Waals surface area contributed by atoms with E-state index in [4.69, 9.17) is 0 Å². The molecule has 5 heteroatoms. The Balaban J connectivity index is 1.87. The zero-order valence-corrected chi connectivity index (χ0v) is 13.2. The number of hydrogen-bond donors (Lipinski definition) is 1. The molecule has 1 aliphatic heterocycles. The SMILES string of the molecule is CCS(=O)(=O)N1CCC([NH+](C)Cc2ccccc2)CC1. The van der Waals surface area contributed by atoms with Crippen molar-refractivity contribution in [3.8, 4) is 0 Å².